The normalized spacial score (nSPS) is 15.4. The SMILES string of the molecule is COCCn1nnnc1C(c1ccccc1OC)N1CCN(c2ccccc2)CC1.[Cl-]. The van der Waals surface area contributed by atoms with Gasteiger partial charge in [0.05, 0.1) is 20.3 Å². The topological polar surface area (TPSA) is 68.5 Å². The summed E-state index contributed by atoms with van der Waals surface area (Å²) in [6, 6.07) is 18.6. The van der Waals surface area contributed by atoms with Crippen molar-refractivity contribution < 1.29 is 21.9 Å². The van der Waals surface area contributed by atoms with Gasteiger partial charge in [0.2, 0.25) is 0 Å². The predicted molar refractivity (Wildman–Crippen MR) is 115 cm³/mol. The lowest BCUT2D eigenvalue weighted by molar-refractivity contribution is -0.00000690. The van der Waals surface area contributed by atoms with E-state index in [0.29, 0.717) is 13.2 Å². The van der Waals surface area contributed by atoms with Gasteiger partial charge in [-0.3, -0.25) is 4.90 Å². The molecule has 1 atom stereocenters. The number of piperazine rings is 1. The van der Waals surface area contributed by atoms with Gasteiger partial charge < -0.3 is 26.8 Å². The summed E-state index contributed by atoms with van der Waals surface area (Å²) in [5.41, 5.74) is 2.33. The molecule has 1 saturated heterocycles. The highest BCUT2D eigenvalue weighted by atomic mass is 35.5. The molecule has 31 heavy (non-hydrogen) atoms. The van der Waals surface area contributed by atoms with Crippen molar-refractivity contribution in [3.63, 3.8) is 0 Å². The third-order valence-electron chi connectivity index (χ3n) is 5.55. The van der Waals surface area contributed by atoms with E-state index in [2.05, 4.69) is 61.7 Å². The number of para-hydroxylation sites is 2. The maximum absolute atomic E-state index is 5.69. The molecule has 0 N–H and O–H groups in total. The van der Waals surface area contributed by atoms with E-state index in [4.69, 9.17) is 9.47 Å². The van der Waals surface area contributed by atoms with E-state index < -0.39 is 0 Å². The molecule has 0 saturated carbocycles. The van der Waals surface area contributed by atoms with Gasteiger partial charge in [0.25, 0.3) is 0 Å². The van der Waals surface area contributed by atoms with Crippen LogP contribution in [0.2, 0.25) is 0 Å². The molecule has 2 heterocycles. The Bertz CT molecular complexity index is 931. The predicted octanol–water partition coefficient (Wildman–Crippen LogP) is -0.756. The van der Waals surface area contributed by atoms with Crippen LogP contribution in [-0.2, 0) is 11.3 Å². The van der Waals surface area contributed by atoms with Crippen LogP contribution in [-0.4, -0.2) is 72.1 Å². The monoisotopic (exact) mass is 443 g/mol. The van der Waals surface area contributed by atoms with Gasteiger partial charge in [-0.15, -0.1) is 5.10 Å². The van der Waals surface area contributed by atoms with Crippen LogP contribution in [0.5, 0.6) is 5.75 Å². The van der Waals surface area contributed by atoms with E-state index in [-0.39, 0.29) is 18.4 Å². The molecule has 4 rings (SSSR count). The van der Waals surface area contributed by atoms with Gasteiger partial charge in [0, 0.05) is 44.5 Å². The molecule has 166 valence electrons. The average Bonchev–Trinajstić information content (AvgIpc) is 3.27. The van der Waals surface area contributed by atoms with Crippen molar-refractivity contribution in [2.45, 2.75) is 12.6 Å². The largest absolute Gasteiger partial charge is 1.00 e. The lowest BCUT2D eigenvalue weighted by Gasteiger charge is -2.40. The Hall–Kier alpha value is -2.68. The number of tetrazole rings is 1. The van der Waals surface area contributed by atoms with Gasteiger partial charge in [0.15, 0.2) is 5.82 Å². The van der Waals surface area contributed by atoms with Gasteiger partial charge in [-0.25, -0.2) is 4.68 Å². The first kappa shape index (κ1) is 23.0. The number of aromatic nitrogens is 4. The molecular formula is C22H28ClN6O2-. The van der Waals surface area contributed by atoms with Crippen LogP contribution in [0.1, 0.15) is 17.4 Å². The van der Waals surface area contributed by atoms with E-state index >= 15 is 0 Å². The van der Waals surface area contributed by atoms with Crippen LogP contribution in [0.4, 0.5) is 5.69 Å². The highest BCUT2D eigenvalue weighted by molar-refractivity contribution is 5.46. The number of hydrogen-bond donors (Lipinski definition) is 0. The van der Waals surface area contributed by atoms with Crippen LogP contribution in [0.25, 0.3) is 0 Å². The molecule has 0 amide bonds. The number of benzene rings is 2. The minimum atomic E-state index is -0.0917. The number of anilines is 1. The second-order valence-electron chi connectivity index (χ2n) is 7.26. The molecular weight excluding hydrogens is 416 g/mol. The van der Waals surface area contributed by atoms with E-state index in [1.165, 1.54) is 5.69 Å². The van der Waals surface area contributed by atoms with Gasteiger partial charge in [-0.05, 0) is 28.6 Å². The maximum atomic E-state index is 5.69. The average molecular weight is 444 g/mol. The second-order valence-corrected chi connectivity index (χ2v) is 7.26. The van der Waals surface area contributed by atoms with Crippen molar-refractivity contribution >= 4 is 5.69 Å². The minimum Gasteiger partial charge on any atom is -1.00 e. The Balaban J connectivity index is 0.00000272. The van der Waals surface area contributed by atoms with Crippen molar-refractivity contribution in [3.05, 3.63) is 66.0 Å². The van der Waals surface area contributed by atoms with Crippen LogP contribution in [0.15, 0.2) is 54.6 Å². The van der Waals surface area contributed by atoms with Gasteiger partial charge >= 0.3 is 0 Å². The van der Waals surface area contributed by atoms with Crippen molar-refractivity contribution in [1.82, 2.24) is 25.1 Å². The number of methoxy groups -OCH3 is 2. The first-order chi connectivity index (χ1) is 14.8. The molecule has 1 aromatic heterocycles. The summed E-state index contributed by atoms with van der Waals surface area (Å²) >= 11 is 0. The zero-order valence-corrected chi connectivity index (χ0v) is 18.6. The van der Waals surface area contributed by atoms with Crippen LogP contribution >= 0.6 is 0 Å². The number of nitrogens with zero attached hydrogens (tertiary/aromatic N) is 6. The number of ether oxygens (including phenoxy) is 2. The third-order valence-corrected chi connectivity index (χ3v) is 5.55. The third kappa shape index (κ3) is 5.15. The zero-order valence-electron chi connectivity index (χ0n) is 17.9. The number of rotatable bonds is 8. The summed E-state index contributed by atoms with van der Waals surface area (Å²) < 4.78 is 12.8. The van der Waals surface area contributed by atoms with Crippen molar-refractivity contribution in [1.29, 1.82) is 0 Å². The summed E-state index contributed by atoms with van der Waals surface area (Å²) in [7, 11) is 3.39. The minimum absolute atomic E-state index is 0. The smallest absolute Gasteiger partial charge is 0.173 e. The molecule has 0 bridgehead atoms. The van der Waals surface area contributed by atoms with E-state index in [1.54, 1.807) is 14.2 Å². The maximum Gasteiger partial charge on any atom is 0.173 e. The lowest BCUT2D eigenvalue weighted by atomic mass is 10.0. The summed E-state index contributed by atoms with van der Waals surface area (Å²) in [6.45, 7) is 4.83. The standard InChI is InChI=1S/C22H28N6O2.ClH/c1-29-17-16-28-22(23-24-25-28)21(19-10-6-7-11-20(19)30-2)27-14-12-26(13-15-27)18-8-4-3-5-9-18;/h3-11,21H,12-17H2,1-2H3;1H/p-1. The zero-order chi connectivity index (χ0) is 20.8. The molecule has 1 aliphatic rings. The highest BCUT2D eigenvalue weighted by Crippen LogP contribution is 2.34. The summed E-state index contributed by atoms with van der Waals surface area (Å²) in [6.07, 6.45) is 0. The molecule has 3 aromatic rings. The van der Waals surface area contributed by atoms with Crippen molar-refractivity contribution in [2.75, 3.05) is 51.9 Å². The Morgan fingerprint density at radius 1 is 0.935 bits per heavy atom. The fraction of sp³-hybridized carbons (Fsp3) is 0.409. The van der Waals surface area contributed by atoms with Gasteiger partial charge in [0.1, 0.15) is 11.8 Å². The first-order valence-corrected chi connectivity index (χ1v) is 10.2. The number of halogens is 1. The molecule has 0 radical (unpaired) electrons. The summed E-state index contributed by atoms with van der Waals surface area (Å²) in [5, 5.41) is 12.6. The first-order valence-electron chi connectivity index (χ1n) is 10.2. The van der Waals surface area contributed by atoms with Crippen molar-refractivity contribution in [3.8, 4) is 5.75 Å². The number of hydrogen-bond acceptors (Lipinski definition) is 7. The van der Waals surface area contributed by atoms with E-state index in [0.717, 1.165) is 43.3 Å². The fourth-order valence-electron chi connectivity index (χ4n) is 4.01. The Morgan fingerprint density at radius 3 is 2.35 bits per heavy atom. The molecule has 1 fully saturated rings. The molecule has 0 spiro atoms. The second kappa shape index (κ2) is 11.1. The molecule has 8 nitrogen and oxygen atoms in total. The molecule has 1 aliphatic heterocycles. The van der Waals surface area contributed by atoms with Crippen LogP contribution < -0.4 is 22.0 Å². The summed E-state index contributed by atoms with van der Waals surface area (Å²) in [5.74, 6) is 1.65. The molecule has 9 heteroatoms. The Labute approximate surface area is 189 Å². The van der Waals surface area contributed by atoms with Crippen LogP contribution in [0.3, 0.4) is 0 Å². The molecule has 2 aromatic carbocycles. The molecule has 1 unspecified atom stereocenters. The quantitative estimate of drug-likeness (QED) is 0.453. The highest BCUT2D eigenvalue weighted by Gasteiger charge is 2.32. The van der Waals surface area contributed by atoms with Crippen molar-refractivity contribution in [2.24, 2.45) is 0 Å². The Morgan fingerprint density at radius 2 is 1.65 bits per heavy atom. The fourth-order valence-corrected chi connectivity index (χ4v) is 4.01. The summed E-state index contributed by atoms with van der Waals surface area (Å²) in [4.78, 5) is 4.86. The van der Waals surface area contributed by atoms with Gasteiger partial charge in [-0.2, -0.15) is 0 Å². The Kier molecular flexibility index (Phi) is 8.22. The molecule has 0 aliphatic carbocycles. The van der Waals surface area contributed by atoms with Crippen LogP contribution in [0, 0.1) is 0 Å². The van der Waals surface area contributed by atoms with E-state index in [1.807, 2.05) is 22.9 Å². The van der Waals surface area contributed by atoms with Gasteiger partial charge in [-0.1, -0.05) is 36.4 Å². The lowest BCUT2D eigenvalue weighted by Crippen LogP contribution is -3.00. The van der Waals surface area contributed by atoms with E-state index in [9.17, 15) is 0 Å².